The number of nitrogens with one attached hydrogen (secondary N) is 1. The molecule has 7 nitrogen and oxygen atoms in total. The SMILES string of the molecule is CCc1ccc(S(=O)(=O)N2CCC(Cc3n[nH]c(=O)n3-c3ccccc3F)CC2)cc1. The standard InChI is InChI=1S/C22H25FN4O3S/c1-2-16-7-9-18(10-8-16)31(29,30)26-13-11-17(12-14-26)15-21-24-25-22(28)27(21)20-6-4-3-5-19(20)23/h3-10,17H,2,11-15H2,1H3,(H,25,28). The summed E-state index contributed by atoms with van der Waals surface area (Å²) >= 11 is 0. The van der Waals surface area contributed by atoms with Gasteiger partial charge in [0.15, 0.2) is 0 Å². The zero-order chi connectivity index (χ0) is 22.0. The van der Waals surface area contributed by atoms with Crippen molar-refractivity contribution in [3.63, 3.8) is 0 Å². The fourth-order valence-electron chi connectivity index (χ4n) is 4.01. The maximum atomic E-state index is 14.2. The van der Waals surface area contributed by atoms with Crippen LogP contribution in [0.2, 0.25) is 0 Å². The van der Waals surface area contributed by atoms with E-state index in [4.69, 9.17) is 0 Å². The average Bonchev–Trinajstić information content (AvgIpc) is 3.14. The van der Waals surface area contributed by atoms with Gasteiger partial charge in [0.1, 0.15) is 11.6 Å². The Hall–Kier alpha value is -2.78. The highest BCUT2D eigenvalue weighted by Gasteiger charge is 2.30. The van der Waals surface area contributed by atoms with Crippen LogP contribution in [-0.4, -0.2) is 40.6 Å². The molecule has 1 aliphatic rings. The number of hydrogen-bond donors (Lipinski definition) is 1. The Morgan fingerprint density at radius 2 is 1.77 bits per heavy atom. The Morgan fingerprint density at radius 1 is 1.10 bits per heavy atom. The van der Waals surface area contributed by atoms with Gasteiger partial charge in [-0.2, -0.15) is 9.40 Å². The number of hydrogen-bond acceptors (Lipinski definition) is 4. The van der Waals surface area contributed by atoms with Crippen LogP contribution in [-0.2, 0) is 22.9 Å². The van der Waals surface area contributed by atoms with Gasteiger partial charge in [0.05, 0.1) is 10.6 Å². The van der Waals surface area contributed by atoms with Crippen molar-refractivity contribution >= 4 is 10.0 Å². The summed E-state index contributed by atoms with van der Waals surface area (Å²) in [5.41, 5.74) is 0.764. The molecule has 1 aromatic heterocycles. The molecule has 0 saturated carbocycles. The van der Waals surface area contributed by atoms with Gasteiger partial charge in [-0.05, 0) is 55.0 Å². The molecule has 0 spiro atoms. The number of para-hydroxylation sites is 1. The lowest BCUT2D eigenvalue weighted by Gasteiger charge is -2.31. The highest BCUT2D eigenvalue weighted by atomic mass is 32.2. The average molecular weight is 445 g/mol. The predicted molar refractivity (Wildman–Crippen MR) is 115 cm³/mol. The molecule has 2 heterocycles. The molecule has 164 valence electrons. The maximum Gasteiger partial charge on any atom is 0.348 e. The molecule has 0 amide bonds. The third-order valence-electron chi connectivity index (χ3n) is 5.85. The van der Waals surface area contributed by atoms with Gasteiger partial charge in [0.2, 0.25) is 10.0 Å². The fourth-order valence-corrected chi connectivity index (χ4v) is 5.48. The molecule has 0 radical (unpaired) electrons. The molecule has 0 unspecified atom stereocenters. The van der Waals surface area contributed by atoms with Gasteiger partial charge in [0.25, 0.3) is 0 Å². The Labute approximate surface area is 180 Å². The fraction of sp³-hybridized carbons (Fsp3) is 0.364. The van der Waals surface area contributed by atoms with Crippen molar-refractivity contribution in [2.75, 3.05) is 13.1 Å². The van der Waals surface area contributed by atoms with E-state index in [0.717, 1.165) is 12.0 Å². The highest BCUT2D eigenvalue weighted by molar-refractivity contribution is 7.89. The molecule has 1 N–H and O–H groups in total. The molecule has 0 bridgehead atoms. The van der Waals surface area contributed by atoms with Gasteiger partial charge >= 0.3 is 5.69 Å². The van der Waals surface area contributed by atoms with Gasteiger partial charge in [-0.15, -0.1) is 0 Å². The van der Waals surface area contributed by atoms with Gasteiger partial charge in [-0.3, -0.25) is 0 Å². The highest BCUT2D eigenvalue weighted by Crippen LogP contribution is 2.26. The van der Waals surface area contributed by atoms with E-state index >= 15 is 0 Å². The lowest BCUT2D eigenvalue weighted by molar-refractivity contribution is 0.269. The van der Waals surface area contributed by atoms with Crippen molar-refractivity contribution in [1.82, 2.24) is 19.1 Å². The summed E-state index contributed by atoms with van der Waals surface area (Å²) < 4.78 is 42.9. The molecular formula is C22H25FN4O3S. The summed E-state index contributed by atoms with van der Waals surface area (Å²) in [6.45, 7) is 2.83. The third-order valence-corrected chi connectivity index (χ3v) is 7.76. The Balaban J connectivity index is 1.46. The van der Waals surface area contributed by atoms with Gasteiger partial charge in [-0.25, -0.2) is 27.3 Å². The van der Waals surface area contributed by atoms with Crippen molar-refractivity contribution < 1.29 is 12.8 Å². The second-order valence-electron chi connectivity index (χ2n) is 7.78. The van der Waals surface area contributed by atoms with Crippen molar-refractivity contribution in [3.05, 3.63) is 76.2 Å². The van der Waals surface area contributed by atoms with E-state index in [-0.39, 0.29) is 11.6 Å². The summed E-state index contributed by atoms with van der Waals surface area (Å²) in [4.78, 5) is 12.5. The topological polar surface area (TPSA) is 88.1 Å². The van der Waals surface area contributed by atoms with Gasteiger partial charge in [0, 0.05) is 19.5 Å². The molecule has 0 atom stereocenters. The van der Waals surface area contributed by atoms with Crippen LogP contribution in [0.5, 0.6) is 0 Å². The quantitative estimate of drug-likeness (QED) is 0.633. The second kappa shape index (κ2) is 8.76. The number of piperidine rings is 1. The monoisotopic (exact) mass is 444 g/mol. The Kier molecular flexibility index (Phi) is 6.06. The molecule has 0 aliphatic carbocycles. The van der Waals surface area contributed by atoms with Crippen LogP contribution in [0.1, 0.15) is 31.2 Å². The minimum absolute atomic E-state index is 0.148. The largest absolute Gasteiger partial charge is 0.348 e. The first-order valence-electron chi connectivity index (χ1n) is 10.4. The number of H-pyrrole nitrogens is 1. The van der Waals surface area contributed by atoms with Crippen molar-refractivity contribution in [1.29, 1.82) is 0 Å². The zero-order valence-corrected chi connectivity index (χ0v) is 18.1. The molecule has 2 aromatic carbocycles. The first kappa shape index (κ1) is 21.5. The first-order chi connectivity index (χ1) is 14.9. The number of aromatic amines is 1. The Bertz CT molecular complexity index is 1210. The molecule has 31 heavy (non-hydrogen) atoms. The number of benzene rings is 2. The zero-order valence-electron chi connectivity index (χ0n) is 17.3. The molecule has 1 aliphatic heterocycles. The maximum absolute atomic E-state index is 14.2. The van der Waals surface area contributed by atoms with E-state index in [1.165, 1.54) is 21.0 Å². The summed E-state index contributed by atoms with van der Waals surface area (Å²) in [5, 5.41) is 6.49. The van der Waals surface area contributed by atoms with Crippen molar-refractivity contribution in [2.45, 2.75) is 37.5 Å². The van der Waals surface area contributed by atoms with Crippen molar-refractivity contribution in [2.24, 2.45) is 5.92 Å². The number of halogens is 1. The smallest absolute Gasteiger partial charge is 0.246 e. The minimum Gasteiger partial charge on any atom is -0.246 e. The van der Waals surface area contributed by atoms with E-state index in [1.807, 2.05) is 19.1 Å². The molecule has 3 aromatic rings. The molecule has 4 rings (SSSR count). The number of aromatic nitrogens is 3. The van der Waals surface area contributed by atoms with Crippen LogP contribution >= 0.6 is 0 Å². The van der Waals surface area contributed by atoms with Crippen LogP contribution in [0.4, 0.5) is 4.39 Å². The normalized spacial score (nSPS) is 15.9. The van der Waals surface area contributed by atoms with E-state index in [9.17, 15) is 17.6 Å². The summed E-state index contributed by atoms with van der Waals surface area (Å²) in [6.07, 6.45) is 2.61. The van der Waals surface area contributed by atoms with Crippen LogP contribution in [0.25, 0.3) is 5.69 Å². The minimum atomic E-state index is -3.53. The Morgan fingerprint density at radius 3 is 2.42 bits per heavy atom. The summed E-state index contributed by atoms with van der Waals surface area (Å²) in [6, 6.07) is 13.1. The molecule has 1 fully saturated rings. The number of nitrogens with zero attached hydrogens (tertiary/aromatic N) is 3. The molecule has 1 saturated heterocycles. The summed E-state index contributed by atoms with van der Waals surface area (Å²) in [7, 11) is -3.53. The first-order valence-corrected chi connectivity index (χ1v) is 11.8. The van der Waals surface area contributed by atoms with Crippen LogP contribution in [0.3, 0.4) is 0 Å². The number of aryl methyl sites for hydroxylation is 1. The van der Waals surface area contributed by atoms with E-state index in [1.54, 1.807) is 24.3 Å². The van der Waals surface area contributed by atoms with Crippen LogP contribution in [0.15, 0.2) is 58.2 Å². The lowest BCUT2D eigenvalue weighted by atomic mass is 9.94. The lowest BCUT2D eigenvalue weighted by Crippen LogP contribution is -2.39. The second-order valence-corrected chi connectivity index (χ2v) is 9.72. The predicted octanol–water partition coefficient (Wildman–Crippen LogP) is 2.91. The number of rotatable bonds is 6. The summed E-state index contributed by atoms with van der Waals surface area (Å²) in [5.74, 6) is 0.100. The molecule has 9 heteroatoms. The molecular weight excluding hydrogens is 419 g/mol. The number of sulfonamides is 1. The van der Waals surface area contributed by atoms with Crippen LogP contribution < -0.4 is 5.69 Å². The van der Waals surface area contributed by atoms with E-state index in [0.29, 0.717) is 43.1 Å². The van der Waals surface area contributed by atoms with Crippen LogP contribution in [0, 0.1) is 11.7 Å². The van der Waals surface area contributed by atoms with E-state index < -0.39 is 21.5 Å². The van der Waals surface area contributed by atoms with E-state index in [2.05, 4.69) is 10.2 Å². The van der Waals surface area contributed by atoms with Crippen molar-refractivity contribution in [3.8, 4) is 5.69 Å². The third kappa shape index (κ3) is 4.33. The van der Waals surface area contributed by atoms with Gasteiger partial charge in [-0.1, -0.05) is 31.2 Å². The van der Waals surface area contributed by atoms with Gasteiger partial charge < -0.3 is 0 Å².